The van der Waals surface area contributed by atoms with Crippen LogP contribution in [-0.4, -0.2) is 4.98 Å². The Morgan fingerprint density at radius 1 is 1.24 bits per heavy atom. The fourth-order valence-electron chi connectivity index (χ4n) is 1.72. The topological polar surface area (TPSA) is 12.9 Å². The van der Waals surface area contributed by atoms with Crippen LogP contribution < -0.4 is 0 Å². The Kier molecular flexibility index (Phi) is 3.75. The maximum absolute atomic E-state index is 13.0. The molecule has 1 nitrogen and oxygen atoms in total. The Bertz CT molecular complexity index is 525. The molecule has 2 rings (SSSR count). The normalized spacial score (nSPS) is 10.5. The van der Waals surface area contributed by atoms with Crippen molar-refractivity contribution in [2.45, 2.75) is 19.8 Å². The summed E-state index contributed by atoms with van der Waals surface area (Å²) < 4.78 is 13.0. The third-order valence-corrected chi connectivity index (χ3v) is 2.83. The first-order chi connectivity index (χ1) is 8.20. The molecule has 0 atom stereocenters. The molecule has 0 saturated carbocycles. The molecular weight excluding hydrogens is 237 g/mol. The van der Waals surface area contributed by atoms with Gasteiger partial charge in [-0.05, 0) is 36.8 Å². The van der Waals surface area contributed by atoms with Gasteiger partial charge in [0.1, 0.15) is 5.82 Å². The van der Waals surface area contributed by atoms with E-state index >= 15 is 0 Å². The summed E-state index contributed by atoms with van der Waals surface area (Å²) >= 11 is 6.01. The van der Waals surface area contributed by atoms with Gasteiger partial charge in [-0.2, -0.15) is 0 Å². The average molecular weight is 250 g/mol. The van der Waals surface area contributed by atoms with Crippen LogP contribution in [0.5, 0.6) is 0 Å². The van der Waals surface area contributed by atoms with E-state index in [1.54, 1.807) is 6.07 Å². The van der Waals surface area contributed by atoms with E-state index in [0.717, 1.165) is 29.8 Å². The van der Waals surface area contributed by atoms with Crippen LogP contribution in [0.2, 0.25) is 5.02 Å². The number of hydrogen-bond donors (Lipinski definition) is 0. The summed E-state index contributed by atoms with van der Waals surface area (Å²) in [6, 6.07) is 10.2. The van der Waals surface area contributed by atoms with Crippen LogP contribution in [0.1, 0.15) is 19.0 Å². The van der Waals surface area contributed by atoms with E-state index in [1.807, 2.05) is 18.2 Å². The summed E-state index contributed by atoms with van der Waals surface area (Å²) in [6.07, 6.45) is 1.99. The first-order valence-electron chi connectivity index (χ1n) is 5.62. The molecule has 0 bridgehead atoms. The maximum Gasteiger partial charge on any atom is 0.124 e. The smallest absolute Gasteiger partial charge is 0.124 e. The number of aryl methyl sites for hydroxylation is 1. The van der Waals surface area contributed by atoms with Gasteiger partial charge in [-0.3, -0.25) is 4.98 Å². The monoisotopic (exact) mass is 249 g/mol. The number of halogens is 2. The van der Waals surface area contributed by atoms with Crippen molar-refractivity contribution in [1.29, 1.82) is 0 Å². The summed E-state index contributed by atoms with van der Waals surface area (Å²) in [5.74, 6) is -0.330. The second-order valence-electron chi connectivity index (χ2n) is 3.89. The van der Waals surface area contributed by atoms with E-state index < -0.39 is 0 Å². The predicted molar refractivity (Wildman–Crippen MR) is 68.6 cm³/mol. The molecule has 0 spiro atoms. The highest BCUT2D eigenvalue weighted by molar-refractivity contribution is 6.33. The van der Waals surface area contributed by atoms with E-state index in [-0.39, 0.29) is 5.82 Å². The molecule has 88 valence electrons. The van der Waals surface area contributed by atoms with Gasteiger partial charge in [-0.15, -0.1) is 0 Å². The molecule has 0 radical (unpaired) electrons. The van der Waals surface area contributed by atoms with Gasteiger partial charge in [0, 0.05) is 11.3 Å². The molecule has 0 amide bonds. The van der Waals surface area contributed by atoms with Crippen molar-refractivity contribution < 1.29 is 4.39 Å². The second kappa shape index (κ2) is 5.28. The zero-order valence-corrected chi connectivity index (χ0v) is 10.3. The highest BCUT2D eigenvalue weighted by atomic mass is 35.5. The molecule has 17 heavy (non-hydrogen) atoms. The molecule has 0 saturated heterocycles. The molecule has 0 aliphatic rings. The lowest BCUT2D eigenvalue weighted by Gasteiger charge is -2.06. The van der Waals surface area contributed by atoms with E-state index in [1.165, 1.54) is 12.1 Å². The van der Waals surface area contributed by atoms with Crippen molar-refractivity contribution >= 4 is 11.6 Å². The standard InChI is InChI=1S/C14H13ClFN/c1-2-4-11-5-3-6-14(17-11)12-8-7-10(16)9-13(12)15/h3,5-9H,2,4H2,1H3. The fraction of sp³-hybridized carbons (Fsp3) is 0.214. The van der Waals surface area contributed by atoms with E-state index in [4.69, 9.17) is 11.6 Å². The SMILES string of the molecule is CCCc1cccc(-c2ccc(F)cc2Cl)n1. The van der Waals surface area contributed by atoms with Crippen LogP contribution in [0.25, 0.3) is 11.3 Å². The lowest BCUT2D eigenvalue weighted by Crippen LogP contribution is -1.92. The number of hydrogen-bond acceptors (Lipinski definition) is 1. The predicted octanol–water partition coefficient (Wildman–Crippen LogP) is 4.49. The third-order valence-electron chi connectivity index (χ3n) is 2.52. The highest BCUT2D eigenvalue weighted by Gasteiger charge is 2.06. The van der Waals surface area contributed by atoms with E-state index in [9.17, 15) is 4.39 Å². The number of pyridine rings is 1. The number of rotatable bonds is 3. The van der Waals surface area contributed by atoms with Crippen molar-refractivity contribution in [2.75, 3.05) is 0 Å². The van der Waals surface area contributed by atoms with Crippen LogP contribution in [-0.2, 0) is 6.42 Å². The minimum absolute atomic E-state index is 0.330. The molecule has 2 aromatic rings. The molecule has 3 heteroatoms. The summed E-state index contributed by atoms with van der Waals surface area (Å²) in [6.45, 7) is 2.11. The molecule has 0 unspecified atom stereocenters. The summed E-state index contributed by atoms with van der Waals surface area (Å²) in [5.41, 5.74) is 2.59. The average Bonchev–Trinajstić information content (AvgIpc) is 2.29. The maximum atomic E-state index is 13.0. The zero-order valence-electron chi connectivity index (χ0n) is 9.58. The molecular formula is C14H13ClFN. The van der Waals surface area contributed by atoms with Crippen LogP contribution in [0.4, 0.5) is 4.39 Å². The largest absolute Gasteiger partial charge is 0.253 e. The minimum atomic E-state index is -0.330. The van der Waals surface area contributed by atoms with Crippen molar-refractivity contribution in [2.24, 2.45) is 0 Å². The van der Waals surface area contributed by atoms with Gasteiger partial charge in [-0.1, -0.05) is 31.0 Å². The fourth-order valence-corrected chi connectivity index (χ4v) is 1.99. The van der Waals surface area contributed by atoms with Crippen molar-refractivity contribution in [3.05, 3.63) is 52.9 Å². The Morgan fingerprint density at radius 2 is 2.06 bits per heavy atom. The molecule has 0 N–H and O–H groups in total. The first kappa shape index (κ1) is 12.1. The number of nitrogens with zero attached hydrogens (tertiary/aromatic N) is 1. The van der Waals surface area contributed by atoms with E-state index in [0.29, 0.717) is 5.02 Å². The molecule has 1 heterocycles. The Hall–Kier alpha value is -1.41. The molecule has 0 aliphatic carbocycles. The van der Waals surface area contributed by atoms with Gasteiger partial charge in [0.15, 0.2) is 0 Å². The Balaban J connectivity index is 2.42. The number of aromatic nitrogens is 1. The van der Waals surface area contributed by atoms with Crippen LogP contribution in [0, 0.1) is 5.82 Å². The van der Waals surface area contributed by atoms with Gasteiger partial charge in [-0.25, -0.2) is 4.39 Å². The van der Waals surface area contributed by atoms with Gasteiger partial charge in [0.25, 0.3) is 0 Å². The molecule has 0 aliphatic heterocycles. The third kappa shape index (κ3) is 2.83. The zero-order chi connectivity index (χ0) is 12.3. The van der Waals surface area contributed by atoms with E-state index in [2.05, 4.69) is 11.9 Å². The van der Waals surface area contributed by atoms with Crippen molar-refractivity contribution in [3.63, 3.8) is 0 Å². The minimum Gasteiger partial charge on any atom is -0.253 e. The van der Waals surface area contributed by atoms with Gasteiger partial charge in [0.2, 0.25) is 0 Å². The molecule has 0 fully saturated rings. The van der Waals surface area contributed by atoms with Crippen LogP contribution >= 0.6 is 11.6 Å². The molecule has 1 aromatic carbocycles. The Labute approximate surface area is 105 Å². The van der Waals surface area contributed by atoms with Gasteiger partial charge in [0.05, 0.1) is 10.7 Å². The Morgan fingerprint density at radius 3 is 2.76 bits per heavy atom. The van der Waals surface area contributed by atoms with Crippen molar-refractivity contribution in [1.82, 2.24) is 4.98 Å². The first-order valence-corrected chi connectivity index (χ1v) is 6.00. The highest BCUT2D eigenvalue weighted by Crippen LogP contribution is 2.27. The lowest BCUT2D eigenvalue weighted by atomic mass is 10.1. The van der Waals surface area contributed by atoms with Crippen LogP contribution in [0.3, 0.4) is 0 Å². The summed E-state index contributed by atoms with van der Waals surface area (Å²) in [5, 5.41) is 0.395. The number of benzene rings is 1. The quantitative estimate of drug-likeness (QED) is 0.781. The van der Waals surface area contributed by atoms with Gasteiger partial charge >= 0.3 is 0 Å². The van der Waals surface area contributed by atoms with Crippen molar-refractivity contribution in [3.8, 4) is 11.3 Å². The lowest BCUT2D eigenvalue weighted by molar-refractivity contribution is 0.628. The van der Waals surface area contributed by atoms with Crippen LogP contribution in [0.15, 0.2) is 36.4 Å². The van der Waals surface area contributed by atoms with Gasteiger partial charge < -0.3 is 0 Å². The molecule has 1 aromatic heterocycles. The summed E-state index contributed by atoms with van der Waals surface area (Å²) in [4.78, 5) is 4.52. The summed E-state index contributed by atoms with van der Waals surface area (Å²) in [7, 11) is 0. The second-order valence-corrected chi connectivity index (χ2v) is 4.30.